The highest BCUT2D eigenvalue weighted by Crippen LogP contribution is 2.12. The molecule has 1 heterocycles. The van der Waals surface area contributed by atoms with Crippen molar-refractivity contribution in [2.45, 2.75) is 32.0 Å². The van der Waals surface area contributed by atoms with E-state index in [1.165, 1.54) is 0 Å². The summed E-state index contributed by atoms with van der Waals surface area (Å²) in [6, 6.07) is 0. The minimum Gasteiger partial charge on any atom is -0.393 e. The molecular formula is C8H12O2. The highest BCUT2D eigenvalue weighted by atomic mass is 16.5. The molecule has 0 aliphatic carbocycles. The van der Waals surface area contributed by atoms with Crippen molar-refractivity contribution >= 4 is 0 Å². The van der Waals surface area contributed by atoms with Crippen LogP contribution in [0.5, 0.6) is 0 Å². The van der Waals surface area contributed by atoms with Gasteiger partial charge in [0.1, 0.15) is 6.10 Å². The van der Waals surface area contributed by atoms with Crippen LogP contribution in [0.15, 0.2) is 0 Å². The summed E-state index contributed by atoms with van der Waals surface area (Å²) in [5.74, 6) is 5.65. The molecule has 0 aromatic rings. The second-order valence-electron chi connectivity index (χ2n) is 2.43. The van der Waals surface area contributed by atoms with Gasteiger partial charge in [0.15, 0.2) is 0 Å². The monoisotopic (exact) mass is 140 g/mol. The summed E-state index contributed by atoms with van der Waals surface area (Å²) < 4.78 is 5.26. The minimum absolute atomic E-state index is 0.0336. The zero-order valence-corrected chi connectivity index (χ0v) is 6.13. The molecule has 1 fully saturated rings. The number of aliphatic hydroxyl groups is 1. The van der Waals surface area contributed by atoms with E-state index >= 15 is 0 Å². The lowest BCUT2D eigenvalue weighted by atomic mass is 10.1. The van der Waals surface area contributed by atoms with Gasteiger partial charge in [-0.05, 0) is 13.3 Å². The van der Waals surface area contributed by atoms with Gasteiger partial charge in [0.2, 0.25) is 0 Å². The molecule has 0 saturated carbocycles. The number of hydrogen-bond donors (Lipinski definition) is 1. The molecule has 0 aromatic carbocycles. The molecule has 1 rings (SSSR count). The maximum absolute atomic E-state index is 9.16. The molecule has 0 bridgehead atoms. The maximum atomic E-state index is 9.16. The van der Waals surface area contributed by atoms with Crippen LogP contribution in [0, 0.1) is 11.8 Å². The van der Waals surface area contributed by atoms with Crippen LogP contribution >= 0.6 is 0 Å². The maximum Gasteiger partial charge on any atom is 0.120 e. The van der Waals surface area contributed by atoms with E-state index in [9.17, 15) is 0 Å². The highest BCUT2D eigenvalue weighted by molar-refractivity contribution is 5.03. The quantitative estimate of drug-likeness (QED) is 0.498. The Balaban J connectivity index is 2.37. The Kier molecular flexibility index (Phi) is 2.73. The minimum atomic E-state index is -0.209. The first-order valence-corrected chi connectivity index (χ1v) is 3.55. The molecule has 0 aromatic heterocycles. The molecular weight excluding hydrogens is 128 g/mol. The van der Waals surface area contributed by atoms with Gasteiger partial charge in [0, 0.05) is 6.42 Å². The van der Waals surface area contributed by atoms with Crippen LogP contribution in [0.3, 0.4) is 0 Å². The van der Waals surface area contributed by atoms with Crippen LogP contribution in [0.25, 0.3) is 0 Å². The van der Waals surface area contributed by atoms with E-state index in [-0.39, 0.29) is 12.2 Å². The normalized spacial score (nSPS) is 32.6. The molecule has 0 radical (unpaired) electrons. The van der Waals surface area contributed by atoms with Crippen molar-refractivity contribution in [3.63, 3.8) is 0 Å². The van der Waals surface area contributed by atoms with Gasteiger partial charge in [-0.25, -0.2) is 0 Å². The largest absolute Gasteiger partial charge is 0.393 e. The van der Waals surface area contributed by atoms with Gasteiger partial charge in [0.25, 0.3) is 0 Å². The molecule has 2 heteroatoms. The van der Waals surface area contributed by atoms with Gasteiger partial charge >= 0.3 is 0 Å². The van der Waals surface area contributed by atoms with Crippen LogP contribution in [0.2, 0.25) is 0 Å². The summed E-state index contributed by atoms with van der Waals surface area (Å²) in [6.07, 6.45) is 1.18. The molecule has 0 amide bonds. The van der Waals surface area contributed by atoms with Crippen LogP contribution < -0.4 is 0 Å². The lowest BCUT2D eigenvalue weighted by molar-refractivity contribution is -0.0168. The summed E-state index contributed by atoms with van der Waals surface area (Å²) in [6.45, 7) is 2.42. The van der Waals surface area contributed by atoms with Crippen molar-refractivity contribution in [3.05, 3.63) is 0 Å². The van der Waals surface area contributed by atoms with E-state index < -0.39 is 0 Å². The van der Waals surface area contributed by atoms with Crippen LogP contribution in [-0.4, -0.2) is 23.9 Å². The Labute approximate surface area is 61.2 Å². The third-order valence-corrected chi connectivity index (χ3v) is 1.56. The van der Waals surface area contributed by atoms with Gasteiger partial charge < -0.3 is 9.84 Å². The smallest absolute Gasteiger partial charge is 0.120 e. The molecule has 1 N–H and O–H groups in total. The predicted octanol–water partition coefficient (Wildman–Crippen LogP) is 0.550. The Hall–Kier alpha value is -0.520. The summed E-state index contributed by atoms with van der Waals surface area (Å²) >= 11 is 0. The number of hydrogen-bond acceptors (Lipinski definition) is 2. The SMILES string of the molecule is CC#CC1CC(O)CCO1. The number of ether oxygens (including phenoxy) is 1. The van der Waals surface area contributed by atoms with Crippen molar-refractivity contribution in [2.24, 2.45) is 0 Å². The van der Waals surface area contributed by atoms with Crippen molar-refractivity contribution < 1.29 is 9.84 Å². The number of aliphatic hydroxyl groups excluding tert-OH is 1. The van der Waals surface area contributed by atoms with Crippen molar-refractivity contribution in [1.82, 2.24) is 0 Å². The standard InChI is InChI=1S/C8H12O2/c1-2-3-8-6-7(9)4-5-10-8/h7-9H,4-6H2,1H3. The first-order chi connectivity index (χ1) is 4.83. The van der Waals surface area contributed by atoms with Crippen molar-refractivity contribution in [3.8, 4) is 11.8 Å². The summed E-state index contributed by atoms with van der Waals surface area (Å²) in [5.41, 5.74) is 0. The topological polar surface area (TPSA) is 29.5 Å². The Morgan fingerprint density at radius 2 is 2.40 bits per heavy atom. The van der Waals surface area contributed by atoms with Crippen molar-refractivity contribution in [2.75, 3.05) is 6.61 Å². The lowest BCUT2D eigenvalue weighted by Gasteiger charge is -2.22. The molecule has 10 heavy (non-hydrogen) atoms. The molecule has 1 aliphatic heterocycles. The Morgan fingerprint density at radius 1 is 1.60 bits per heavy atom. The van der Waals surface area contributed by atoms with Gasteiger partial charge in [-0.15, -0.1) is 5.92 Å². The second kappa shape index (κ2) is 3.60. The highest BCUT2D eigenvalue weighted by Gasteiger charge is 2.18. The number of rotatable bonds is 0. The summed E-state index contributed by atoms with van der Waals surface area (Å²) in [5, 5.41) is 9.16. The molecule has 0 spiro atoms. The second-order valence-corrected chi connectivity index (χ2v) is 2.43. The first-order valence-electron chi connectivity index (χ1n) is 3.55. The van der Waals surface area contributed by atoms with E-state index in [4.69, 9.17) is 9.84 Å². The average molecular weight is 140 g/mol. The molecule has 56 valence electrons. The Morgan fingerprint density at radius 3 is 3.00 bits per heavy atom. The van der Waals surface area contributed by atoms with Crippen LogP contribution in [-0.2, 0) is 4.74 Å². The summed E-state index contributed by atoms with van der Waals surface area (Å²) in [4.78, 5) is 0. The fourth-order valence-electron chi connectivity index (χ4n) is 1.04. The predicted molar refractivity (Wildman–Crippen MR) is 38.4 cm³/mol. The van der Waals surface area contributed by atoms with E-state index in [2.05, 4.69) is 11.8 Å². The Bertz CT molecular complexity index is 154. The van der Waals surface area contributed by atoms with E-state index in [0.29, 0.717) is 13.0 Å². The zero-order valence-electron chi connectivity index (χ0n) is 6.13. The fraction of sp³-hybridized carbons (Fsp3) is 0.750. The molecule has 2 atom stereocenters. The molecule has 2 nitrogen and oxygen atoms in total. The van der Waals surface area contributed by atoms with Gasteiger partial charge in [-0.1, -0.05) is 5.92 Å². The fourth-order valence-corrected chi connectivity index (χ4v) is 1.04. The third-order valence-electron chi connectivity index (χ3n) is 1.56. The lowest BCUT2D eigenvalue weighted by Crippen LogP contribution is -2.27. The van der Waals surface area contributed by atoms with Crippen molar-refractivity contribution in [1.29, 1.82) is 0 Å². The van der Waals surface area contributed by atoms with E-state index in [1.807, 2.05) is 0 Å². The van der Waals surface area contributed by atoms with E-state index in [1.54, 1.807) is 6.92 Å². The average Bonchev–Trinajstić information content (AvgIpc) is 1.88. The zero-order chi connectivity index (χ0) is 7.40. The van der Waals surface area contributed by atoms with E-state index in [0.717, 1.165) is 6.42 Å². The molecule has 1 saturated heterocycles. The first kappa shape index (κ1) is 7.59. The van der Waals surface area contributed by atoms with Gasteiger partial charge in [-0.2, -0.15) is 0 Å². The third kappa shape index (κ3) is 2.02. The van der Waals surface area contributed by atoms with Gasteiger partial charge in [-0.3, -0.25) is 0 Å². The summed E-state index contributed by atoms with van der Waals surface area (Å²) in [7, 11) is 0. The molecule has 2 unspecified atom stereocenters. The molecule has 1 aliphatic rings. The van der Waals surface area contributed by atoms with Crippen LogP contribution in [0.1, 0.15) is 19.8 Å². The van der Waals surface area contributed by atoms with Gasteiger partial charge in [0.05, 0.1) is 12.7 Å². The van der Waals surface area contributed by atoms with Crippen LogP contribution in [0.4, 0.5) is 0 Å².